The summed E-state index contributed by atoms with van der Waals surface area (Å²) in [5, 5.41) is 16.1. The van der Waals surface area contributed by atoms with E-state index in [1.807, 2.05) is 0 Å². The molecule has 2 heterocycles. The van der Waals surface area contributed by atoms with Gasteiger partial charge in [-0.05, 0) is 19.1 Å². The van der Waals surface area contributed by atoms with Gasteiger partial charge in [-0.25, -0.2) is 0 Å². The Bertz CT molecular complexity index is 530. The van der Waals surface area contributed by atoms with E-state index in [9.17, 15) is 9.90 Å². The molecule has 0 fully saturated rings. The molecule has 0 saturated heterocycles. The lowest BCUT2D eigenvalue weighted by Crippen LogP contribution is -2.38. The average Bonchev–Trinajstić information content (AvgIpc) is 2.96. The van der Waals surface area contributed by atoms with Crippen LogP contribution in [0.15, 0.2) is 27.3 Å². The third-order valence-corrected chi connectivity index (χ3v) is 2.38. The summed E-state index contributed by atoms with van der Waals surface area (Å²) in [6.07, 6.45) is 1.45. The quantitative estimate of drug-likeness (QED) is 0.825. The molecule has 7 nitrogen and oxygen atoms in total. The van der Waals surface area contributed by atoms with Crippen LogP contribution in [-0.4, -0.2) is 27.7 Å². The molecule has 1 unspecified atom stereocenters. The SMILES string of the molecule is Cc1nc(C(=O)NCC(C)(O)c2ccco2)no1. The van der Waals surface area contributed by atoms with Crippen LogP contribution < -0.4 is 5.32 Å². The van der Waals surface area contributed by atoms with Gasteiger partial charge in [-0.2, -0.15) is 4.98 Å². The predicted molar refractivity (Wildman–Crippen MR) is 59.6 cm³/mol. The second kappa shape index (κ2) is 4.61. The van der Waals surface area contributed by atoms with Gasteiger partial charge in [-0.15, -0.1) is 0 Å². The second-order valence-electron chi connectivity index (χ2n) is 4.07. The summed E-state index contributed by atoms with van der Waals surface area (Å²) in [5.74, 6) is 0.0893. The number of aromatic nitrogens is 2. The van der Waals surface area contributed by atoms with Gasteiger partial charge in [-0.1, -0.05) is 5.16 Å². The van der Waals surface area contributed by atoms with Crippen molar-refractivity contribution >= 4 is 5.91 Å². The van der Waals surface area contributed by atoms with E-state index >= 15 is 0 Å². The summed E-state index contributed by atoms with van der Waals surface area (Å²) < 4.78 is 9.78. The lowest BCUT2D eigenvalue weighted by atomic mass is 10.0. The lowest BCUT2D eigenvalue weighted by Gasteiger charge is -2.20. The van der Waals surface area contributed by atoms with Crippen LogP contribution in [0.4, 0.5) is 0 Å². The van der Waals surface area contributed by atoms with E-state index < -0.39 is 11.5 Å². The van der Waals surface area contributed by atoms with Crippen molar-refractivity contribution in [3.63, 3.8) is 0 Å². The third-order valence-electron chi connectivity index (χ3n) is 2.38. The Balaban J connectivity index is 1.98. The molecular formula is C11H13N3O4. The fourth-order valence-electron chi connectivity index (χ4n) is 1.40. The number of aliphatic hydroxyl groups is 1. The van der Waals surface area contributed by atoms with Gasteiger partial charge < -0.3 is 19.4 Å². The number of hydrogen-bond donors (Lipinski definition) is 2. The zero-order valence-electron chi connectivity index (χ0n) is 10.0. The number of amides is 1. The van der Waals surface area contributed by atoms with Gasteiger partial charge in [0, 0.05) is 6.92 Å². The van der Waals surface area contributed by atoms with Crippen molar-refractivity contribution in [2.24, 2.45) is 0 Å². The Labute approximate surface area is 103 Å². The summed E-state index contributed by atoms with van der Waals surface area (Å²) in [6, 6.07) is 3.29. The molecule has 0 bridgehead atoms. The molecule has 0 radical (unpaired) electrons. The maximum atomic E-state index is 11.6. The van der Waals surface area contributed by atoms with Crippen LogP contribution in [0, 0.1) is 6.92 Å². The topological polar surface area (TPSA) is 101 Å². The molecule has 2 rings (SSSR count). The first-order valence-corrected chi connectivity index (χ1v) is 5.34. The van der Waals surface area contributed by atoms with Crippen LogP contribution in [0.3, 0.4) is 0 Å². The van der Waals surface area contributed by atoms with Crippen LogP contribution >= 0.6 is 0 Å². The van der Waals surface area contributed by atoms with Crippen molar-refractivity contribution in [1.82, 2.24) is 15.5 Å². The summed E-state index contributed by atoms with van der Waals surface area (Å²) in [6.45, 7) is 3.10. The minimum Gasteiger partial charge on any atom is -0.466 e. The third kappa shape index (κ3) is 2.57. The van der Waals surface area contributed by atoms with E-state index in [0.29, 0.717) is 11.7 Å². The Hall–Kier alpha value is -2.15. The van der Waals surface area contributed by atoms with Crippen LogP contribution in [0.25, 0.3) is 0 Å². The number of carbonyl (C=O) groups is 1. The minimum atomic E-state index is -1.29. The average molecular weight is 251 g/mol. The van der Waals surface area contributed by atoms with Gasteiger partial charge in [0.2, 0.25) is 5.89 Å². The van der Waals surface area contributed by atoms with Crippen molar-refractivity contribution in [3.8, 4) is 0 Å². The number of rotatable bonds is 4. The fraction of sp³-hybridized carbons (Fsp3) is 0.364. The molecule has 0 aliphatic heterocycles. The molecule has 0 aromatic carbocycles. The minimum absolute atomic E-state index is 0.0209. The number of hydrogen-bond acceptors (Lipinski definition) is 6. The van der Waals surface area contributed by atoms with Crippen LogP contribution in [-0.2, 0) is 5.60 Å². The van der Waals surface area contributed by atoms with E-state index in [1.165, 1.54) is 13.2 Å². The Kier molecular flexibility index (Phi) is 3.15. The van der Waals surface area contributed by atoms with Crippen molar-refractivity contribution in [2.45, 2.75) is 19.4 Å². The van der Waals surface area contributed by atoms with Crippen molar-refractivity contribution in [2.75, 3.05) is 6.54 Å². The normalized spacial score (nSPS) is 14.2. The fourth-order valence-corrected chi connectivity index (χ4v) is 1.40. The van der Waals surface area contributed by atoms with Crippen LogP contribution in [0.2, 0.25) is 0 Å². The molecule has 7 heteroatoms. The molecule has 2 N–H and O–H groups in total. The largest absolute Gasteiger partial charge is 0.466 e. The standard InChI is InChI=1S/C11H13N3O4/c1-7-13-9(14-18-7)10(15)12-6-11(2,16)8-4-3-5-17-8/h3-5,16H,6H2,1-2H3,(H,12,15). The maximum absolute atomic E-state index is 11.6. The van der Waals surface area contributed by atoms with Gasteiger partial charge in [-0.3, -0.25) is 4.79 Å². The highest BCUT2D eigenvalue weighted by atomic mass is 16.5. The zero-order valence-corrected chi connectivity index (χ0v) is 10.0. The first-order valence-electron chi connectivity index (χ1n) is 5.34. The second-order valence-corrected chi connectivity index (χ2v) is 4.07. The highest BCUT2D eigenvalue weighted by Gasteiger charge is 2.27. The maximum Gasteiger partial charge on any atom is 0.292 e. The molecular weight excluding hydrogens is 238 g/mol. The summed E-state index contributed by atoms with van der Waals surface area (Å²) in [5.41, 5.74) is -1.29. The smallest absolute Gasteiger partial charge is 0.292 e. The molecule has 96 valence electrons. The highest BCUT2D eigenvalue weighted by Crippen LogP contribution is 2.19. The van der Waals surface area contributed by atoms with Crippen LogP contribution in [0.1, 0.15) is 29.2 Å². The van der Waals surface area contributed by atoms with Gasteiger partial charge in [0.25, 0.3) is 11.7 Å². The van der Waals surface area contributed by atoms with E-state index in [0.717, 1.165) is 0 Å². The van der Waals surface area contributed by atoms with Gasteiger partial charge in [0.1, 0.15) is 11.4 Å². The first-order chi connectivity index (χ1) is 8.49. The molecule has 2 aromatic rings. The Morgan fingerprint density at radius 3 is 2.94 bits per heavy atom. The Morgan fingerprint density at radius 2 is 2.39 bits per heavy atom. The molecule has 1 amide bonds. The number of nitrogens with one attached hydrogen (secondary N) is 1. The van der Waals surface area contributed by atoms with E-state index in [2.05, 4.69) is 20.0 Å². The zero-order chi connectivity index (χ0) is 13.2. The van der Waals surface area contributed by atoms with Crippen molar-refractivity contribution < 1.29 is 18.8 Å². The van der Waals surface area contributed by atoms with Gasteiger partial charge in [0.05, 0.1) is 12.8 Å². The Morgan fingerprint density at radius 1 is 1.61 bits per heavy atom. The van der Waals surface area contributed by atoms with Crippen LogP contribution in [0.5, 0.6) is 0 Å². The molecule has 1 atom stereocenters. The predicted octanol–water partition coefficient (Wildman–Crippen LogP) is 0.609. The number of aryl methyl sites for hydroxylation is 1. The van der Waals surface area contributed by atoms with Crippen molar-refractivity contribution in [3.05, 3.63) is 35.9 Å². The summed E-state index contributed by atoms with van der Waals surface area (Å²) >= 11 is 0. The van der Waals surface area contributed by atoms with Gasteiger partial charge in [0.15, 0.2) is 0 Å². The molecule has 0 aliphatic carbocycles. The molecule has 0 saturated carbocycles. The van der Waals surface area contributed by atoms with Gasteiger partial charge >= 0.3 is 0 Å². The molecule has 0 spiro atoms. The highest BCUT2D eigenvalue weighted by molar-refractivity contribution is 5.90. The van der Waals surface area contributed by atoms with E-state index in [1.54, 1.807) is 19.1 Å². The van der Waals surface area contributed by atoms with Crippen molar-refractivity contribution in [1.29, 1.82) is 0 Å². The lowest BCUT2D eigenvalue weighted by molar-refractivity contribution is 0.0328. The van der Waals surface area contributed by atoms with E-state index in [4.69, 9.17) is 4.42 Å². The molecule has 0 aliphatic rings. The number of nitrogens with zero attached hydrogens (tertiary/aromatic N) is 2. The molecule has 2 aromatic heterocycles. The monoisotopic (exact) mass is 251 g/mol. The number of carbonyl (C=O) groups excluding carboxylic acids is 1. The number of furan rings is 1. The molecule has 18 heavy (non-hydrogen) atoms. The van der Waals surface area contributed by atoms with E-state index in [-0.39, 0.29) is 12.4 Å². The first kappa shape index (κ1) is 12.3. The summed E-state index contributed by atoms with van der Waals surface area (Å²) in [7, 11) is 0. The summed E-state index contributed by atoms with van der Waals surface area (Å²) in [4.78, 5) is 15.4.